The van der Waals surface area contributed by atoms with E-state index in [1.165, 1.54) is 0 Å². The molecule has 7 nitrogen and oxygen atoms in total. The molecule has 0 bridgehead atoms. The summed E-state index contributed by atoms with van der Waals surface area (Å²) in [4.78, 5) is 17.5. The summed E-state index contributed by atoms with van der Waals surface area (Å²) in [5.41, 5.74) is -0.475. The highest BCUT2D eigenvalue weighted by Gasteiger charge is 2.19. The van der Waals surface area contributed by atoms with Crippen LogP contribution in [0.3, 0.4) is 0 Å². The molecule has 1 unspecified atom stereocenters. The molecule has 1 amide bonds. The molecule has 0 spiro atoms. The molecule has 0 radical (unpaired) electrons. The van der Waals surface area contributed by atoms with E-state index in [2.05, 4.69) is 15.6 Å². The van der Waals surface area contributed by atoms with Crippen LogP contribution in [0.5, 0.6) is 0 Å². The smallest absolute Gasteiger partial charge is 0.410 e. The topological polar surface area (TPSA) is 75.2 Å². The number of hydrogen-bond donors (Lipinski definition) is 2. The van der Waals surface area contributed by atoms with Gasteiger partial charge in [-0.25, -0.2) is 4.79 Å². The van der Waals surface area contributed by atoms with Gasteiger partial charge in [0.25, 0.3) is 0 Å². The lowest BCUT2D eigenvalue weighted by Crippen LogP contribution is -2.44. The van der Waals surface area contributed by atoms with Crippen molar-refractivity contribution >= 4 is 12.1 Å². The molecule has 1 saturated heterocycles. The number of amides is 1. The van der Waals surface area contributed by atoms with Crippen LogP contribution in [0.2, 0.25) is 0 Å². The summed E-state index contributed by atoms with van der Waals surface area (Å²) in [5, 5.41) is 6.41. The van der Waals surface area contributed by atoms with Gasteiger partial charge in [0.15, 0.2) is 5.96 Å². The second kappa shape index (κ2) is 8.82. The molecule has 0 aromatic heterocycles. The van der Waals surface area contributed by atoms with Crippen molar-refractivity contribution in [1.29, 1.82) is 0 Å². The van der Waals surface area contributed by atoms with Crippen LogP contribution < -0.4 is 10.6 Å². The summed E-state index contributed by atoms with van der Waals surface area (Å²) in [5.74, 6) is 0.716. The second-order valence-corrected chi connectivity index (χ2v) is 6.42. The zero-order valence-corrected chi connectivity index (χ0v) is 14.4. The van der Waals surface area contributed by atoms with E-state index in [0.717, 1.165) is 26.0 Å². The van der Waals surface area contributed by atoms with Crippen molar-refractivity contribution in [2.75, 3.05) is 40.3 Å². The van der Waals surface area contributed by atoms with Gasteiger partial charge < -0.3 is 25.0 Å². The van der Waals surface area contributed by atoms with Crippen molar-refractivity contribution < 1.29 is 14.3 Å². The Morgan fingerprint density at radius 2 is 2.14 bits per heavy atom. The maximum atomic E-state index is 11.8. The molecule has 1 atom stereocenters. The van der Waals surface area contributed by atoms with Crippen LogP contribution in [-0.4, -0.2) is 69.0 Å². The molecule has 0 saturated carbocycles. The number of rotatable bonds is 5. The van der Waals surface area contributed by atoms with E-state index in [0.29, 0.717) is 19.0 Å². The predicted molar refractivity (Wildman–Crippen MR) is 87.2 cm³/mol. The maximum absolute atomic E-state index is 11.8. The zero-order chi connectivity index (χ0) is 16.6. The molecule has 0 aromatic rings. The lowest BCUT2D eigenvalue weighted by atomic mass is 10.2. The quantitative estimate of drug-likeness (QED) is 0.589. The van der Waals surface area contributed by atoms with Crippen LogP contribution in [0.25, 0.3) is 0 Å². The van der Waals surface area contributed by atoms with Crippen molar-refractivity contribution in [3.8, 4) is 0 Å². The third-order valence-electron chi connectivity index (χ3n) is 3.19. The number of nitrogens with zero attached hydrogens (tertiary/aromatic N) is 2. The Balaban J connectivity index is 2.21. The summed E-state index contributed by atoms with van der Waals surface area (Å²) in [6.07, 6.45) is 2.16. The van der Waals surface area contributed by atoms with Crippen LogP contribution in [0, 0.1) is 0 Å². The summed E-state index contributed by atoms with van der Waals surface area (Å²) in [7, 11) is 3.45. The molecule has 7 heteroatoms. The van der Waals surface area contributed by atoms with Gasteiger partial charge in [-0.2, -0.15) is 0 Å². The lowest BCUT2D eigenvalue weighted by Gasteiger charge is -2.25. The Bertz CT molecular complexity index is 373. The summed E-state index contributed by atoms with van der Waals surface area (Å²) < 4.78 is 10.8. The first-order valence-electron chi connectivity index (χ1n) is 7.82. The highest BCUT2D eigenvalue weighted by atomic mass is 16.6. The van der Waals surface area contributed by atoms with E-state index in [4.69, 9.17) is 9.47 Å². The number of aliphatic imine (C=N–C) groups is 1. The van der Waals surface area contributed by atoms with Crippen molar-refractivity contribution in [3.05, 3.63) is 0 Å². The first-order chi connectivity index (χ1) is 10.3. The summed E-state index contributed by atoms with van der Waals surface area (Å²) in [6.45, 7) is 8.30. The first kappa shape index (κ1) is 18.5. The second-order valence-electron chi connectivity index (χ2n) is 6.42. The minimum absolute atomic E-state index is 0.267. The Morgan fingerprint density at radius 1 is 1.41 bits per heavy atom. The number of hydrogen-bond acceptors (Lipinski definition) is 4. The molecule has 1 aliphatic rings. The zero-order valence-electron chi connectivity index (χ0n) is 14.4. The van der Waals surface area contributed by atoms with Crippen molar-refractivity contribution in [3.63, 3.8) is 0 Å². The van der Waals surface area contributed by atoms with Crippen LogP contribution in [0.15, 0.2) is 4.99 Å². The molecule has 128 valence electrons. The van der Waals surface area contributed by atoms with Gasteiger partial charge in [0.2, 0.25) is 0 Å². The maximum Gasteiger partial charge on any atom is 0.410 e. The van der Waals surface area contributed by atoms with E-state index >= 15 is 0 Å². The molecule has 1 fully saturated rings. The summed E-state index contributed by atoms with van der Waals surface area (Å²) >= 11 is 0. The standard InChI is InChI=1S/C15H30N4O3/c1-15(2,3)22-14(20)19(5)9-8-17-13(16-4)18-11-12-7-6-10-21-12/h12H,6-11H2,1-5H3,(H2,16,17,18). The molecular weight excluding hydrogens is 284 g/mol. The Labute approximate surface area is 133 Å². The number of carbonyl (C=O) groups is 1. The fourth-order valence-electron chi connectivity index (χ4n) is 2.01. The molecule has 2 N–H and O–H groups in total. The van der Waals surface area contributed by atoms with E-state index in [1.54, 1.807) is 19.0 Å². The van der Waals surface area contributed by atoms with Gasteiger partial charge >= 0.3 is 6.09 Å². The van der Waals surface area contributed by atoms with Gasteiger partial charge in [-0.05, 0) is 33.6 Å². The average molecular weight is 314 g/mol. The van der Waals surface area contributed by atoms with Crippen LogP contribution >= 0.6 is 0 Å². The van der Waals surface area contributed by atoms with E-state index in [-0.39, 0.29) is 12.2 Å². The number of likely N-dealkylation sites (N-methyl/N-ethyl adjacent to an activating group) is 1. The molecule has 1 aliphatic heterocycles. The van der Waals surface area contributed by atoms with Crippen LogP contribution in [-0.2, 0) is 9.47 Å². The van der Waals surface area contributed by atoms with Gasteiger partial charge in [0, 0.05) is 40.3 Å². The molecule has 1 heterocycles. The van der Waals surface area contributed by atoms with Gasteiger partial charge in [-0.1, -0.05) is 0 Å². The average Bonchev–Trinajstić information content (AvgIpc) is 2.93. The molecule has 0 aromatic carbocycles. The van der Waals surface area contributed by atoms with Gasteiger partial charge in [-0.3, -0.25) is 4.99 Å². The van der Waals surface area contributed by atoms with E-state index in [9.17, 15) is 4.79 Å². The molecule has 22 heavy (non-hydrogen) atoms. The Morgan fingerprint density at radius 3 is 2.68 bits per heavy atom. The lowest BCUT2D eigenvalue weighted by molar-refractivity contribution is 0.0302. The van der Waals surface area contributed by atoms with Crippen LogP contribution in [0.1, 0.15) is 33.6 Å². The molecule has 1 rings (SSSR count). The monoisotopic (exact) mass is 314 g/mol. The largest absolute Gasteiger partial charge is 0.444 e. The van der Waals surface area contributed by atoms with Crippen molar-refractivity contribution in [1.82, 2.24) is 15.5 Å². The minimum atomic E-state index is -0.475. The number of carbonyl (C=O) groups excluding carboxylic acids is 1. The number of ether oxygens (including phenoxy) is 2. The van der Waals surface area contributed by atoms with Crippen LogP contribution in [0.4, 0.5) is 4.79 Å². The predicted octanol–water partition coefficient (Wildman–Crippen LogP) is 1.20. The van der Waals surface area contributed by atoms with Gasteiger partial charge in [0.1, 0.15) is 5.60 Å². The molecule has 0 aliphatic carbocycles. The minimum Gasteiger partial charge on any atom is -0.444 e. The first-order valence-corrected chi connectivity index (χ1v) is 7.82. The molecular formula is C15H30N4O3. The van der Waals surface area contributed by atoms with E-state index in [1.807, 2.05) is 20.8 Å². The Kier molecular flexibility index (Phi) is 7.44. The van der Waals surface area contributed by atoms with Crippen molar-refractivity contribution in [2.24, 2.45) is 4.99 Å². The third kappa shape index (κ3) is 7.49. The number of guanidine groups is 1. The summed E-state index contributed by atoms with van der Waals surface area (Å²) in [6, 6.07) is 0. The Hall–Kier alpha value is -1.50. The van der Waals surface area contributed by atoms with Gasteiger partial charge in [-0.15, -0.1) is 0 Å². The fourth-order valence-corrected chi connectivity index (χ4v) is 2.01. The van der Waals surface area contributed by atoms with E-state index < -0.39 is 5.60 Å². The fraction of sp³-hybridized carbons (Fsp3) is 0.867. The SMILES string of the molecule is CN=C(NCCN(C)C(=O)OC(C)(C)C)NCC1CCCO1. The third-order valence-corrected chi connectivity index (χ3v) is 3.19. The van der Waals surface area contributed by atoms with Crippen molar-refractivity contribution in [2.45, 2.75) is 45.3 Å². The highest BCUT2D eigenvalue weighted by Crippen LogP contribution is 2.10. The van der Waals surface area contributed by atoms with Gasteiger partial charge in [0.05, 0.1) is 6.10 Å². The number of nitrogens with one attached hydrogen (secondary N) is 2. The highest BCUT2D eigenvalue weighted by molar-refractivity contribution is 5.79. The normalized spacial score (nSPS) is 19.0.